The maximum absolute atomic E-state index is 5.94. The molecule has 1 N–H and O–H groups in total. The van der Waals surface area contributed by atoms with Crippen molar-refractivity contribution in [2.45, 2.75) is 70.2 Å². The van der Waals surface area contributed by atoms with Gasteiger partial charge < -0.3 is 14.8 Å². The van der Waals surface area contributed by atoms with E-state index in [0.29, 0.717) is 18.2 Å². The van der Waals surface area contributed by atoms with Gasteiger partial charge in [0.2, 0.25) is 0 Å². The Labute approximate surface area is 126 Å². The van der Waals surface area contributed by atoms with Crippen LogP contribution in [0.25, 0.3) is 0 Å². The topological polar surface area (TPSA) is 56.3 Å². The smallest absolute Gasteiger partial charge is 0.316 e. The number of nitrogens with zero attached hydrogens (tertiary/aromatic N) is 2. The van der Waals surface area contributed by atoms with Crippen LogP contribution >= 0.6 is 0 Å². The van der Waals surface area contributed by atoms with Gasteiger partial charge in [0.25, 0.3) is 0 Å². The average Bonchev–Trinajstić information content (AvgIpc) is 3.31. The summed E-state index contributed by atoms with van der Waals surface area (Å²) < 4.78 is 11.4. The lowest BCUT2D eigenvalue weighted by Crippen LogP contribution is -2.30. The Bertz CT molecular complexity index is 477. The lowest BCUT2D eigenvalue weighted by molar-refractivity contribution is 0.0178. The number of hydrogen-bond donors (Lipinski definition) is 1. The number of hydrogen-bond acceptors (Lipinski definition) is 5. The molecule has 5 heteroatoms. The third-order valence-corrected chi connectivity index (χ3v) is 4.40. The summed E-state index contributed by atoms with van der Waals surface area (Å²) in [6.07, 6.45) is 9.24. The van der Waals surface area contributed by atoms with E-state index in [0.717, 1.165) is 43.5 Å². The summed E-state index contributed by atoms with van der Waals surface area (Å²) in [5.41, 5.74) is 2.17. The number of nitrogens with one attached hydrogen (secondary N) is 1. The maximum Gasteiger partial charge on any atom is 0.316 e. The van der Waals surface area contributed by atoms with Crippen molar-refractivity contribution in [3.8, 4) is 6.01 Å². The molecule has 116 valence electrons. The van der Waals surface area contributed by atoms with Gasteiger partial charge in [0.05, 0.1) is 6.10 Å². The predicted molar refractivity (Wildman–Crippen MR) is 80.3 cm³/mol. The molecule has 1 aromatic rings. The standard InChI is InChI=1S/C16H25N3O2/c1-11-12(9-17-13-6-7-13)10-18-16(19-11)21-15-5-3-4-14(8-15)20-2/h10,13-15,17H,3-9H2,1-2H3. The Morgan fingerprint density at radius 3 is 2.76 bits per heavy atom. The quantitative estimate of drug-likeness (QED) is 0.872. The van der Waals surface area contributed by atoms with Gasteiger partial charge in [0, 0.05) is 43.6 Å². The zero-order chi connectivity index (χ0) is 14.7. The molecule has 2 aliphatic rings. The first-order valence-corrected chi connectivity index (χ1v) is 8.00. The van der Waals surface area contributed by atoms with Crippen molar-refractivity contribution in [3.63, 3.8) is 0 Å². The minimum Gasteiger partial charge on any atom is -0.460 e. The summed E-state index contributed by atoms with van der Waals surface area (Å²) in [6.45, 7) is 2.88. The Balaban J connectivity index is 1.56. The summed E-state index contributed by atoms with van der Waals surface area (Å²) in [7, 11) is 1.77. The SMILES string of the molecule is COC1CCCC(Oc2ncc(CNC3CC3)c(C)n2)C1. The van der Waals surface area contributed by atoms with E-state index in [9.17, 15) is 0 Å². The van der Waals surface area contributed by atoms with Crippen molar-refractivity contribution in [2.75, 3.05) is 7.11 Å². The molecule has 0 aromatic carbocycles. The van der Waals surface area contributed by atoms with Gasteiger partial charge in [-0.25, -0.2) is 9.97 Å². The van der Waals surface area contributed by atoms with E-state index in [1.165, 1.54) is 12.8 Å². The predicted octanol–water partition coefficient (Wildman–Crippen LogP) is 2.37. The lowest BCUT2D eigenvalue weighted by atomic mass is 9.95. The molecule has 2 fully saturated rings. The zero-order valence-electron chi connectivity index (χ0n) is 13.0. The van der Waals surface area contributed by atoms with Gasteiger partial charge in [-0.2, -0.15) is 0 Å². The van der Waals surface area contributed by atoms with E-state index in [4.69, 9.17) is 9.47 Å². The van der Waals surface area contributed by atoms with Crippen LogP contribution in [0.2, 0.25) is 0 Å². The second-order valence-electron chi connectivity index (χ2n) is 6.18. The Morgan fingerprint density at radius 1 is 1.24 bits per heavy atom. The lowest BCUT2D eigenvalue weighted by Gasteiger charge is -2.27. The minimum atomic E-state index is 0.179. The largest absolute Gasteiger partial charge is 0.460 e. The molecule has 0 saturated heterocycles. The fraction of sp³-hybridized carbons (Fsp3) is 0.750. The van der Waals surface area contributed by atoms with Crippen molar-refractivity contribution in [1.29, 1.82) is 0 Å². The molecule has 0 spiro atoms. The normalized spacial score (nSPS) is 25.8. The zero-order valence-corrected chi connectivity index (χ0v) is 13.0. The van der Waals surface area contributed by atoms with Crippen LogP contribution in [-0.2, 0) is 11.3 Å². The maximum atomic E-state index is 5.94. The molecule has 3 rings (SSSR count). The molecule has 5 nitrogen and oxygen atoms in total. The van der Waals surface area contributed by atoms with Gasteiger partial charge in [0.1, 0.15) is 6.10 Å². The van der Waals surface area contributed by atoms with Crippen molar-refractivity contribution >= 4 is 0 Å². The molecular weight excluding hydrogens is 266 g/mol. The second-order valence-corrected chi connectivity index (χ2v) is 6.18. The molecular formula is C16H25N3O2. The van der Waals surface area contributed by atoms with Gasteiger partial charge >= 0.3 is 6.01 Å². The van der Waals surface area contributed by atoms with Crippen LogP contribution in [0.4, 0.5) is 0 Å². The van der Waals surface area contributed by atoms with Crippen LogP contribution in [0.1, 0.15) is 49.8 Å². The van der Waals surface area contributed by atoms with Gasteiger partial charge in [-0.05, 0) is 39.0 Å². The first-order valence-electron chi connectivity index (χ1n) is 8.00. The van der Waals surface area contributed by atoms with Gasteiger partial charge in [-0.1, -0.05) is 0 Å². The van der Waals surface area contributed by atoms with Gasteiger partial charge in [-0.15, -0.1) is 0 Å². The fourth-order valence-corrected chi connectivity index (χ4v) is 2.82. The molecule has 0 aliphatic heterocycles. The van der Waals surface area contributed by atoms with Gasteiger partial charge in [-0.3, -0.25) is 0 Å². The van der Waals surface area contributed by atoms with E-state index in [1.54, 1.807) is 7.11 Å². The number of aryl methyl sites for hydroxylation is 1. The highest BCUT2D eigenvalue weighted by molar-refractivity contribution is 5.18. The molecule has 0 bridgehead atoms. The number of aromatic nitrogens is 2. The fourth-order valence-electron chi connectivity index (χ4n) is 2.82. The van der Waals surface area contributed by atoms with Crippen molar-refractivity contribution in [2.24, 2.45) is 0 Å². The molecule has 2 atom stereocenters. The highest BCUT2D eigenvalue weighted by atomic mass is 16.5. The van der Waals surface area contributed by atoms with Crippen LogP contribution in [0, 0.1) is 6.92 Å². The van der Waals surface area contributed by atoms with Crippen molar-refractivity contribution < 1.29 is 9.47 Å². The van der Waals surface area contributed by atoms with E-state index in [1.807, 2.05) is 13.1 Å². The molecule has 0 amide bonds. The van der Waals surface area contributed by atoms with E-state index in [-0.39, 0.29) is 6.10 Å². The molecule has 2 saturated carbocycles. The van der Waals surface area contributed by atoms with Crippen molar-refractivity contribution in [1.82, 2.24) is 15.3 Å². The number of methoxy groups -OCH3 is 1. The molecule has 21 heavy (non-hydrogen) atoms. The molecule has 1 aromatic heterocycles. The summed E-state index contributed by atoms with van der Waals surface area (Å²) in [5, 5.41) is 3.49. The third kappa shape index (κ3) is 4.14. The Morgan fingerprint density at radius 2 is 2.05 bits per heavy atom. The van der Waals surface area contributed by atoms with Crippen LogP contribution in [0.15, 0.2) is 6.20 Å². The molecule has 1 heterocycles. The highest BCUT2D eigenvalue weighted by Gasteiger charge is 2.24. The summed E-state index contributed by atoms with van der Waals surface area (Å²) in [4.78, 5) is 8.87. The summed E-state index contributed by atoms with van der Waals surface area (Å²) in [5.74, 6) is 0. The summed E-state index contributed by atoms with van der Waals surface area (Å²) >= 11 is 0. The van der Waals surface area contributed by atoms with Crippen LogP contribution in [0.3, 0.4) is 0 Å². The first-order chi connectivity index (χ1) is 10.2. The monoisotopic (exact) mass is 291 g/mol. The average molecular weight is 291 g/mol. The first kappa shape index (κ1) is 14.7. The van der Waals surface area contributed by atoms with E-state index < -0.39 is 0 Å². The molecule has 2 unspecified atom stereocenters. The second kappa shape index (κ2) is 6.71. The van der Waals surface area contributed by atoms with Crippen LogP contribution in [-0.4, -0.2) is 35.3 Å². The Kier molecular flexibility index (Phi) is 4.70. The minimum absolute atomic E-state index is 0.179. The van der Waals surface area contributed by atoms with Crippen LogP contribution in [0.5, 0.6) is 6.01 Å². The highest BCUT2D eigenvalue weighted by Crippen LogP contribution is 2.24. The van der Waals surface area contributed by atoms with E-state index in [2.05, 4.69) is 15.3 Å². The summed E-state index contributed by atoms with van der Waals surface area (Å²) in [6, 6.07) is 1.21. The van der Waals surface area contributed by atoms with E-state index >= 15 is 0 Å². The Hall–Kier alpha value is -1.20. The molecule has 2 aliphatic carbocycles. The number of ether oxygens (including phenoxy) is 2. The van der Waals surface area contributed by atoms with Crippen molar-refractivity contribution in [3.05, 3.63) is 17.5 Å². The van der Waals surface area contributed by atoms with Crippen LogP contribution < -0.4 is 10.1 Å². The third-order valence-electron chi connectivity index (χ3n) is 4.40. The molecule has 0 radical (unpaired) electrons. The number of rotatable bonds is 6. The van der Waals surface area contributed by atoms with Gasteiger partial charge in [0.15, 0.2) is 0 Å².